The molecule has 0 aliphatic heterocycles. The third kappa shape index (κ3) is 8.36. The predicted octanol–water partition coefficient (Wildman–Crippen LogP) is 6.77. The Kier molecular flexibility index (Phi) is 10.4. The summed E-state index contributed by atoms with van der Waals surface area (Å²) in [5.41, 5.74) is 3.80. The van der Waals surface area contributed by atoms with Crippen molar-refractivity contribution in [1.29, 1.82) is 0 Å². The molecule has 1 N–H and O–H groups in total. The monoisotopic (exact) mass is 535 g/mol. The molecule has 0 bridgehead atoms. The largest absolute Gasteiger partial charge is 0.465 e. The fourth-order valence-corrected chi connectivity index (χ4v) is 4.78. The second kappa shape index (κ2) is 13.5. The highest BCUT2D eigenvalue weighted by molar-refractivity contribution is 7.99. The Labute approximate surface area is 230 Å². The van der Waals surface area contributed by atoms with Crippen LogP contribution in [0, 0.1) is 0 Å². The lowest BCUT2D eigenvalue weighted by Gasteiger charge is -2.29. The quantitative estimate of drug-likeness (QED) is 0.228. The molecule has 6 nitrogen and oxygen atoms in total. The van der Waals surface area contributed by atoms with Crippen molar-refractivity contribution in [3.05, 3.63) is 89.5 Å². The van der Waals surface area contributed by atoms with Gasteiger partial charge in [-0.3, -0.25) is 0 Å². The SMILES string of the molecule is CCSc1cc(-c2ccc(CCN(C[C@@H](O)c3ccccc3)C(=O)OC(C)(C)C)cc2)ccc1C(=O)OC. The number of aliphatic hydroxyl groups is 1. The number of nitrogens with zero attached hydrogens (tertiary/aromatic N) is 1. The second-order valence-electron chi connectivity index (χ2n) is 9.94. The zero-order chi connectivity index (χ0) is 27.7. The van der Waals surface area contributed by atoms with Crippen LogP contribution in [0.25, 0.3) is 11.1 Å². The lowest BCUT2D eigenvalue weighted by atomic mass is 10.0. The van der Waals surface area contributed by atoms with Gasteiger partial charge in [0.05, 0.1) is 25.3 Å². The molecule has 1 atom stereocenters. The molecular weight excluding hydrogens is 498 g/mol. The van der Waals surface area contributed by atoms with E-state index in [9.17, 15) is 14.7 Å². The molecule has 0 radical (unpaired) electrons. The van der Waals surface area contributed by atoms with Crippen molar-refractivity contribution in [2.75, 3.05) is 26.0 Å². The molecule has 202 valence electrons. The number of esters is 1. The number of carbonyl (C=O) groups is 2. The number of hydrogen-bond donors (Lipinski definition) is 1. The minimum absolute atomic E-state index is 0.140. The zero-order valence-electron chi connectivity index (χ0n) is 22.8. The summed E-state index contributed by atoms with van der Waals surface area (Å²) in [7, 11) is 1.39. The Hall–Kier alpha value is -3.29. The van der Waals surface area contributed by atoms with Crippen molar-refractivity contribution >= 4 is 23.8 Å². The van der Waals surface area contributed by atoms with E-state index in [2.05, 4.69) is 0 Å². The number of methoxy groups -OCH3 is 1. The molecule has 3 aromatic rings. The topological polar surface area (TPSA) is 76.1 Å². The molecule has 0 saturated carbocycles. The van der Waals surface area contributed by atoms with Gasteiger partial charge in [0.25, 0.3) is 0 Å². The smallest absolute Gasteiger partial charge is 0.410 e. The highest BCUT2D eigenvalue weighted by Crippen LogP contribution is 2.30. The Morgan fingerprint density at radius 3 is 2.24 bits per heavy atom. The van der Waals surface area contributed by atoms with Gasteiger partial charge in [-0.25, -0.2) is 9.59 Å². The fraction of sp³-hybridized carbons (Fsp3) is 0.355. The maximum Gasteiger partial charge on any atom is 0.410 e. The first-order valence-electron chi connectivity index (χ1n) is 12.8. The highest BCUT2D eigenvalue weighted by atomic mass is 32.2. The van der Waals surface area contributed by atoms with Gasteiger partial charge in [0.2, 0.25) is 0 Å². The van der Waals surface area contributed by atoms with Crippen molar-refractivity contribution in [2.45, 2.75) is 50.7 Å². The molecule has 0 aliphatic rings. The summed E-state index contributed by atoms with van der Waals surface area (Å²) in [6.45, 7) is 8.09. The Balaban J connectivity index is 1.73. The Morgan fingerprint density at radius 2 is 1.63 bits per heavy atom. The predicted molar refractivity (Wildman–Crippen MR) is 153 cm³/mol. The van der Waals surface area contributed by atoms with Crippen LogP contribution in [0.3, 0.4) is 0 Å². The van der Waals surface area contributed by atoms with E-state index in [1.807, 2.05) is 100 Å². The molecule has 0 saturated heterocycles. The van der Waals surface area contributed by atoms with Gasteiger partial charge in [-0.1, -0.05) is 67.6 Å². The van der Waals surface area contributed by atoms with E-state index in [1.54, 1.807) is 16.7 Å². The molecule has 0 aliphatic carbocycles. The minimum Gasteiger partial charge on any atom is -0.465 e. The maximum atomic E-state index is 12.9. The molecule has 0 fully saturated rings. The number of benzene rings is 3. The molecular formula is C31H37NO5S. The van der Waals surface area contributed by atoms with Gasteiger partial charge >= 0.3 is 12.1 Å². The van der Waals surface area contributed by atoms with Gasteiger partial charge in [-0.2, -0.15) is 0 Å². The van der Waals surface area contributed by atoms with Gasteiger partial charge in [0.1, 0.15) is 5.60 Å². The molecule has 3 rings (SSSR count). The van der Waals surface area contributed by atoms with Crippen molar-refractivity contribution in [1.82, 2.24) is 4.90 Å². The standard InChI is InChI=1S/C31H37NO5S/c1-6-38-28-20-25(16-17-26(28)29(34)36-5)23-14-12-22(13-15-23)18-19-32(30(35)37-31(2,3)4)21-27(33)24-10-8-7-9-11-24/h7-17,20,27,33H,6,18-19,21H2,1-5H3/t27-/m1/s1. The van der Waals surface area contributed by atoms with Crippen molar-refractivity contribution in [3.63, 3.8) is 0 Å². The number of hydrogen-bond acceptors (Lipinski definition) is 6. The van der Waals surface area contributed by atoms with E-state index in [1.165, 1.54) is 7.11 Å². The van der Waals surface area contributed by atoms with E-state index in [0.717, 1.165) is 32.9 Å². The van der Waals surface area contributed by atoms with Crippen LogP contribution in [0.4, 0.5) is 4.79 Å². The molecule has 7 heteroatoms. The number of thioether (sulfide) groups is 1. The van der Waals surface area contributed by atoms with Crippen molar-refractivity contribution < 1.29 is 24.2 Å². The Morgan fingerprint density at radius 1 is 0.974 bits per heavy atom. The average molecular weight is 536 g/mol. The molecule has 3 aromatic carbocycles. The minimum atomic E-state index is -0.811. The lowest BCUT2D eigenvalue weighted by molar-refractivity contribution is 0.0147. The molecule has 0 aromatic heterocycles. The number of carbonyl (C=O) groups excluding carboxylic acids is 2. The van der Waals surface area contributed by atoms with Gasteiger partial charge in [-0.15, -0.1) is 11.8 Å². The van der Waals surface area contributed by atoms with Gasteiger partial charge < -0.3 is 19.5 Å². The lowest BCUT2D eigenvalue weighted by Crippen LogP contribution is -2.40. The van der Waals surface area contributed by atoms with Crippen LogP contribution in [0.5, 0.6) is 0 Å². The summed E-state index contributed by atoms with van der Waals surface area (Å²) >= 11 is 1.61. The van der Waals surface area contributed by atoms with Gasteiger partial charge in [-0.05, 0) is 67.3 Å². The number of ether oxygens (including phenoxy) is 2. The van der Waals surface area contributed by atoms with Crippen LogP contribution in [-0.4, -0.2) is 53.6 Å². The number of rotatable bonds is 10. The van der Waals surface area contributed by atoms with E-state index < -0.39 is 17.8 Å². The van der Waals surface area contributed by atoms with Crippen LogP contribution in [0.1, 0.15) is 55.3 Å². The summed E-state index contributed by atoms with van der Waals surface area (Å²) in [6, 6.07) is 23.2. The third-order valence-corrected chi connectivity index (χ3v) is 6.81. The summed E-state index contributed by atoms with van der Waals surface area (Å²) < 4.78 is 10.5. The summed E-state index contributed by atoms with van der Waals surface area (Å²) in [5.74, 6) is 0.509. The van der Waals surface area contributed by atoms with E-state index in [4.69, 9.17) is 9.47 Å². The first-order valence-corrected chi connectivity index (χ1v) is 13.7. The van der Waals surface area contributed by atoms with Crippen LogP contribution >= 0.6 is 11.8 Å². The molecule has 0 unspecified atom stereocenters. The first-order chi connectivity index (χ1) is 18.1. The van der Waals surface area contributed by atoms with Crippen LogP contribution < -0.4 is 0 Å². The van der Waals surface area contributed by atoms with Crippen molar-refractivity contribution in [3.8, 4) is 11.1 Å². The van der Waals surface area contributed by atoms with Crippen LogP contribution in [0.2, 0.25) is 0 Å². The second-order valence-corrected chi connectivity index (χ2v) is 11.2. The average Bonchev–Trinajstić information content (AvgIpc) is 2.90. The maximum absolute atomic E-state index is 12.9. The van der Waals surface area contributed by atoms with E-state index in [0.29, 0.717) is 18.5 Å². The number of amides is 1. The molecule has 38 heavy (non-hydrogen) atoms. The summed E-state index contributed by atoms with van der Waals surface area (Å²) in [6.07, 6.45) is -0.649. The van der Waals surface area contributed by atoms with Gasteiger partial charge in [0, 0.05) is 11.4 Å². The third-order valence-electron chi connectivity index (χ3n) is 5.87. The van der Waals surface area contributed by atoms with Crippen LogP contribution in [-0.2, 0) is 15.9 Å². The zero-order valence-corrected chi connectivity index (χ0v) is 23.6. The normalized spacial score (nSPS) is 12.1. The molecule has 0 spiro atoms. The van der Waals surface area contributed by atoms with Crippen molar-refractivity contribution in [2.24, 2.45) is 0 Å². The van der Waals surface area contributed by atoms with E-state index >= 15 is 0 Å². The van der Waals surface area contributed by atoms with E-state index in [-0.39, 0.29) is 12.5 Å². The van der Waals surface area contributed by atoms with Crippen LogP contribution in [0.15, 0.2) is 77.7 Å². The first kappa shape index (κ1) is 29.3. The summed E-state index contributed by atoms with van der Waals surface area (Å²) in [5, 5.41) is 10.7. The summed E-state index contributed by atoms with van der Waals surface area (Å²) in [4.78, 5) is 27.5. The number of aliphatic hydroxyl groups excluding tert-OH is 1. The van der Waals surface area contributed by atoms with Gasteiger partial charge in [0.15, 0.2) is 0 Å². The Bertz CT molecular complexity index is 1210. The molecule has 1 amide bonds. The molecule has 0 heterocycles. The highest BCUT2D eigenvalue weighted by Gasteiger charge is 2.24. The fourth-order valence-electron chi connectivity index (χ4n) is 3.96.